The van der Waals surface area contributed by atoms with Gasteiger partial charge in [-0.2, -0.15) is 0 Å². The predicted octanol–water partition coefficient (Wildman–Crippen LogP) is 9.08. The van der Waals surface area contributed by atoms with Gasteiger partial charge in [-0.15, -0.1) is 12.4 Å². The van der Waals surface area contributed by atoms with Gasteiger partial charge in [0.05, 0.1) is 24.5 Å². The van der Waals surface area contributed by atoms with Gasteiger partial charge in [-0.05, 0) is 103 Å². The van der Waals surface area contributed by atoms with E-state index in [0.717, 1.165) is 89.4 Å². The monoisotopic (exact) mass is 791 g/mol. The van der Waals surface area contributed by atoms with E-state index in [9.17, 15) is 4.39 Å². The second-order valence-corrected chi connectivity index (χ2v) is 15.3. The number of aromatic nitrogens is 2. The molecule has 4 aromatic carbocycles. The van der Waals surface area contributed by atoms with Gasteiger partial charge in [-0.3, -0.25) is 19.4 Å². The molecular formula is C45H44Cl2FN5O3. The van der Waals surface area contributed by atoms with Crippen LogP contribution in [0.4, 0.5) is 15.8 Å². The second kappa shape index (κ2) is 15.9. The number of fused-ring (bicyclic) bond motifs is 3. The normalized spacial score (nSPS) is 16.9. The minimum atomic E-state index is -0.369. The molecule has 1 atom stereocenters. The van der Waals surface area contributed by atoms with Gasteiger partial charge in [0.25, 0.3) is 11.8 Å². The molecule has 0 radical (unpaired) electrons. The summed E-state index contributed by atoms with van der Waals surface area (Å²) in [6.45, 7) is 4.95. The maximum atomic E-state index is 15.1. The molecule has 0 N–H and O–H groups in total. The van der Waals surface area contributed by atoms with Crippen molar-refractivity contribution in [2.45, 2.75) is 44.8 Å². The lowest BCUT2D eigenvalue weighted by Gasteiger charge is -2.41. The van der Waals surface area contributed by atoms with Gasteiger partial charge in [0.2, 0.25) is 0 Å². The van der Waals surface area contributed by atoms with E-state index in [4.69, 9.17) is 16.3 Å². The van der Waals surface area contributed by atoms with Crippen LogP contribution in [0.3, 0.4) is 0 Å². The van der Waals surface area contributed by atoms with E-state index in [1.807, 2.05) is 89.4 Å². The Balaban J connectivity index is 0.00000441. The van der Waals surface area contributed by atoms with Crippen LogP contribution in [0, 0.1) is 5.82 Å². The van der Waals surface area contributed by atoms with Crippen LogP contribution in [0.2, 0.25) is 5.02 Å². The number of morpholine rings is 1. The second-order valence-electron chi connectivity index (χ2n) is 14.9. The Hall–Kier alpha value is -4.93. The molecule has 1 fully saturated rings. The summed E-state index contributed by atoms with van der Waals surface area (Å²) in [5.74, 6) is -0.607. The van der Waals surface area contributed by atoms with Gasteiger partial charge < -0.3 is 18.8 Å². The molecule has 9 rings (SSSR count). The number of hydrogen-bond donors (Lipinski definition) is 0. The van der Waals surface area contributed by atoms with Crippen LogP contribution in [0.15, 0.2) is 103 Å². The quantitative estimate of drug-likeness (QED) is 0.162. The number of amides is 2. The van der Waals surface area contributed by atoms with E-state index < -0.39 is 0 Å². The Morgan fingerprint density at radius 2 is 1.66 bits per heavy atom. The van der Waals surface area contributed by atoms with Crippen LogP contribution in [-0.4, -0.2) is 69.6 Å². The molecule has 288 valence electrons. The van der Waals surface area contributed by atoms with E-state index in [2.05, 4.69) is 15.5 Å². The number of nitrogens with zero attached hydrogens (tertiary/aromatic N) is 5. The van der Waals surface area contributed by atoms with Gasteiger partial charge >= 0.3 is 0 Å². The van der Waals surface area contributed by atoms with E-state index >= 15 is 9.59 Å². The number of hydrogen-bond acceptors (Lipinski definition) is 4. The SMILES string of the molecule is Cl.Cn1ccc2ccc(N(C(=O)c3cc(-c4ccccc4C(=O)N4Cc5cccc(Cl)c5C[C@H]4CN4CCOCC4)n4c3CCCC4)c3ccc(F)cc3)cc21. The molecule has 6 aromatic rings. The fraction of sp³-hybridized carbons (Fsp3) is 0.289. The molecule has 56 heavy (non-hydrogen) atoms. The highest BCUT2D eigenvalue weighted by atomic mass is 35.5. The third-order valence-corrected chi connectivity index (χ3v) is 12.0. The summed E-state index contributed by atoms with van der Waals surface area (Å²) in [4.78, 5) is 36.2. The number of halogens is 3. The maximum absolute atomic E-state index is 15.1. The Kier molecular flexibility index (Phi) is 10.8. The van der Waals surface area contributed by atoms with Gasteiger partial charge in [0, 0.05) is 90.8 Å². The summed E-state index contributed by atoms with van der Waals surface area (Å²) in [5.41, 5.74) is 8.22. The molecule has 5 heterocycles. The van der Waals surface area contributed by atoms with Crippen molar-refractivity contribution in [2.75, 3.05) is 37.7 Å². The van der Waals surface area contributed by atoms with Gasteiger partial charge in [0.1, 0.15) is 5.82 Å². The molecule has 0 bridgehead atoms. The molecule has 3 aliphatic heterocycles. The number of anilines is 2. The summed E-state index contributed by atoms with van der Waals surface area (Å²) in [6.07, 6.45) is 5.32. The lowest BCUT2D eigenvalue weighted by Crippen LogP contribution is -2.52. The summed E-state index contributed by atoms with van der Waals surface area (Å²) in [7, 11) is 1.98. The minimum Gasteiger partial charge on any atom is -0.379 e. The first-order valence-corrected chi connectivity index (χ1v) is 19.6. The van der Waals surface area contributed by atoms with Crippen molar-refractivity contribution in [1.82, 2.24) is 18.9 Å². The summed E-state index contributed by atoms with van der Waals surface area (Å²) in [5, 5.41) is 1.81. The standard InChI is InChI=1S/C45H43ClFN5O3.ClH/c1-48-20-18-30-12-15-34(26-42(30)48)52(33-16-13-32(47)14-17-33)45(54)39-27-43(50-19-5-4-11-41(39)50)36-8-2-3-9-37(36)44(53)51-28-31-7-6-10-40(46)38(31)25-35(51)29-49-21-23-55-24-22-49;/h2-3,6-10,12-18,20,26-27,35H,4-5,11,19,21-25,28-29H2,1H3;1H/t35-;/m0./s1. The number of ether oxygens (including phenoxy) is 1. The van der Waals surface area contributed by atoms with Crippen LogP contribution in [0.1, 0.15) is 50.4 Å². The zero-order valence-electron chi connectivity index (χ0n) is 31.3. The van der Waals surface area contributed by atoms with Crippen LogP contribution in [0.5, 0.6) is 0 Å². The lowest BCUT2D eigenvalue weighted by atomic mass is 9.92. The molecule has 11 heteroatoms. The topological polar surface area (TPSA) is 63.0 Å². The number of aryl methyl sites for hydroxylation is 1. The Bertz CT molecular complexity index is 2420. The van der Waals surface area contributed by atoms with Gasteiger partial charge in [0.15, 0.2) is 0 Å². The third kappa shape index (κ3) is 7.02. The van der Waals surface area contributed by atoms with Crippen LogP contribution >= 0.6 is 24.0 Å². The summed E-state index contributed by atoms with van der Waals surface area (Å²) in [6, 6.07) is 29.8. The number of carbonyl (C=O) groups excluding carboxylic acids is 2. The van der Waals surface area contributed by atoms with Crippen molar-refractivity contribution in [3.63, 3.8) is 0 Å². The highest BCUT2D eigenvalue weighted by molar-refractivity contribution is 6.31. The highest BCUT2D eigenvalue weighted by Crippen LogP contribution is 2.38. The summed E-state index contributed by atoms with van der Waals surface area (Å²) >= 11 is 6.74. The lowest BCUT2D eigenvalue weighted by molar-refractivity contribution is 0.0193. The average molecular weight is 793 g/mol. The summed E-state index contributed by atoms with van der Waals surface area (Å²) < 4.78 is 24.1. The van der Waals surface area contributed by atoms with Crippen LogP contribution in [0.25, 0.3) is 22.2 Å². The molecule has 0 aliphatic carbocycles. The van der Waals surface area contributed by atoms with Crippen molar-refractivity contribution in [1.29, 1.82) is 0 Å². The molecule has 0 unspecified atom stereocenters. The smallest absolute Gasteiger partial charge is 0.264 e. The predicted molar refractivity (Wildman–Crippen MR) is 222 cm³/mol. The first kappa shape index (κ1) is 38.0. The molecule has 2 amide bonds. The van der Waals surface area contributed by atoms with Crippen molar-refractivity contribution in [3.05, 3.63) is 142 Å². The zero-order chi connectivity index (χ0) is 37.6. The first-order chi connectivity index (χ1) is 26.8. The maximum Gasteiger partial charge on any atom is 0.264 e. The van der Waals surface area contributed by atoms with Crippen molar-refractivity contribution in [2.24, 2.45) is 7.05 Å². The van der Waals surface area contributed by atoms with Crippen molar-refractivity contribution in [3.8, 4) is 11.3 Å². The Labute approximate surface area is 337 Å². The fourth-order valence-electron chi connectivity index (χ4n) is 8.74. The van der Waals surface area contributed by atoms with E-state index in [-0.39, 0.29) is 36.1 Å². The minimum absolute atomic E-state index is 0. The number of rotatable bonds is 7. The third-order valence-electron chi connectivity index (χ3n) is 11.6. The molecular weight excluding hydrogens is 748 g/mol. The largest absolute Gasteiger partial charge is 0.379 e. The molecule has 8 nitrogen and oxygen atoms in total. The van der Waals surface area contributed by atoms with Gasteiger partial charge in [-0.1, -0.05) is 48.0 Å². The molecule has 2 aromatic heterocycles. The average Bonchev–Trinajstić information content (AvgIpc) is 3.79. The van der Waals surface area contributed by atoms with E-state index in [1.54, 1.807) is 17.0 Å². The van der Waals surface area contributed by atoms with Crippen LogP contribution < -0.4 is 4.90 Å². The highest BCUT2D eigenvalue weighted by Gasteiger charge is 2.35. The first-order valence-electron chi connectivity index (χ1n) is 19.2. The Morgan fingerprint density at radius 1 is 0.875 bits per heavy atom. The van der Waals surface area contributed by atoms with E-state index in [1.165, 1.54) is 12.1 Å². The van der Waals surface area contributed by atoms with Gasteiger partial charge in [-0.25, -0.2) is 4.39 Å². The molecule has 3 aliphatic rings. The molecule has 0 spiro atoms. The molecule has 0 saturated carbocycles. The number of carbonyl (C=O) groups is 2. The molecule has 1 saturated heterocycles. The van der Waals surface area contributed by atoms with Crippen molar-refractivity contribution >= 4 is 58.1 Å². The zero-order valence-corrected chi connectivity index (χ0v) is 32.9. The van der Waals surface area contributed by atoms with Crippen LogP contribution in [-0.2, 0) is 37.7 Å². The Morgan fingerprint density at radius 3 is 2.48 bits per heavy atom. The van der Waals surface area contributed by atoms with E-state index in [0.29, 0.717) is 48.7 Å². The fourth-order valence-corrected chi connectivity index (χ4v) is 9.01. The van der Waals surface area contributed by atoms with Crippen molar-refractivity contribution < 1.29 is 18.7 Å². The number of benzene rings is 4.